The van der Waals surface area contributed by atoms with Crippen molar-refractivity contribution in [2.75, 3.05) is 0 Å². The van der Waals surface area contributed by atoms with Crippen molar-refractivity contribution >= 4 is 34.1 Å². The molecule has 0 fully saturated rings. The van der Waals surface area contributed by atoms with Crippen molar-refractivity contribution in [1.82, 2.24) is 9.55 Å². The maximum atomic E-state index is 5.97. The summed E-state index contributed by atoms with van der Waals surface area (Å²) in [4.78, 5) is 3.99. The average Bonchev–Trinajstić information content (AvgIpc) is 2.49. The van der Waals surface area contributed by atoms with Crippen molar-refractivity contribution in [3.8, 4) is 0 Å². The monoisotopic (exact) mass is 228 g/mol. The predicted octanol–water partition coefficient (Wildman–Crippen LogP) is 3.75. The zero-order valence-corrected chi connectivity index (χ0v) is 9.31. The molecule has 14 heavy (non-hydrogen) atoms. The first-order valence-corrected chi connectivity index (χ1v) is 5.29. The first kappa shape index (κ1) is 9.81. The lowest BCUT2D eigenvalue weighted by atomic mass is 10.3. The molecule has 0 unspecified atom stereocenters. The number of aromatic nitrogens is 2. The van der Waals surface area contributed by atoms with E-state index in [9.17, 15) is 0 Å². The summed E-state index contributed by atoms with van der Waals surface area (Å²) in [6, 6.07) is 3.81. The average molecular weight is 229 g/mol. The molecule has 2 rings (SSSR count). The Morgan fingerprint density at radius 1 is 1.43 bits per heavy atom. The van der Waals surface area contributed by atoms with Crippen molar-refractivity contribution in [3.63, 3.8) is 0 Å². The molecule has 0 saturated heterocycles. The molecule has 0 aliphatic heterocycles. The minimum atomic E-state index is 0.443. The van der Waals surface area contributed by atoms with E-state index in [-0.39, 0.29) is 0 Å². The fourth-order valence-corrected chi connectivity index (χ4v) is 2.04. The number of hydrogen-bond donors (Lipinski definition) is 0. The molecule has 0 N–H and O–H groups in total. The summed E-state index contributed by atoms with van der Waals surface area (Å²) in [5, 5.41) is 1.88. The van der Waals surface area contributed by atoms with E-state index in [0.29, 0.717) is 10.3 Å². The van der Waals surface area contributed by atoms with Gasteiger partial charge in [-0.2, -0.15) is 0 Å². The Labute approximate surface area is 92.5 Å². The number of nitrogens with zero attached hydrogens (tertiary/aromatic N) is 2. The largest absolute Gasteiger partial charge is 0.347 e. The molecule has 0 atom stereocenters. The molecule has 0 aliphatic carbocycles. The second-order valence-corrected chi connectivity index (χ2v) is 3.92. The smallest absolute Gasteiger partial charge is 0.140 e. The van der Waals surface area contributed by atoms with Crippen molar-refractivity contribution in [2.45, 2.75) is 19.9 Å². The fraction of sp³-hybridized carbons (Fsp3) is 0.300. The van der Waals surface area contributed by atoms with Crippen LogP contribution in [0.1, 0.15) is 13.3 Å². The zero-order chi connectivity index (χ0) is 10.1. The van der Waals surface area contributed by atoms with E-state index in [1.54, 1.807) is 0 Å². The van der Waals surface area contributed by atoms with Gasteiger partial charge >= 0.3 is 0 Å². The Bertz CT molecular complexity index is 462. The molecule has 0 amide bonds. The third-order valence-corrected chi connectivity index (χ3v) is 2.64. The first-order valence-electron chi connectivity index (χ1n) is 4.53. The highest BCUT2D eigenvalue weighted by molar-refractivity contribution is 6.36. The minimum Gasteiger partial charge on any atom is -0.347 e. The minimum absolute atomic E-state index is 0.443. The molecule has 2 aromatic rings. The van der Waals surface area contributed by atoms with E-state index in [1.807, 2.05) is 18.3 Å². The molecule has 0 spiro atoms. The maximum absolute atomic E-state index is 5.97. The first-order chi connectivity index (χ1) is 6.72. The van der Waals surface area contributed by atoms with Crippen LogP contribution in [0.3, 0.4) is 0 Å². The zero-order valence-electron chi connectivity index (χ0n) is 7.80. The summed E-state index contributed by atoms with van der Waals surface area (Å²) in [5.41, 5.74) is 1.05. The van der Waals surface area contributed by atoms with Crippen LogP contribution in [-0.4, -0.2) is 9.55 Å². The van der Waals surface area contributed by atoms with Crippen LogP contribution in [0.25, 0.3) is 10.9 Å². The molecule has 2 aromatic heterocycles. The number of rotatable bonds is 2. The topological polar surface area (TPSA) is 17.8 Å². The summed E-state index contributed by atoms with van der Waals surface area (Å²) >= 11 is 11.8. The van der Waals surface area contributed by atoms with E-state index in [2.05, 4.69) is 16.5 Å². The van der Waals surface area contributed by atoms with Gasteiger partial charge in [-0.3, -0.25) is 0 Å². The normalized spacial score (nSPS) is 11.1. The van der Waals surface area contributed by atoms with Gasteiger partial charge < -0.3 is 4.57 Å². The second-order valence-electron chi connectivity index (χ2n) is 3.18. The molecule has 4 heteroatoms. The summed E-state index contributed by atoms with van der Waals surface area (Å²) in [7, 11) is 0. The van der Waals surface area contributed by atoms with Gasteiger partial charge in [0.05, 0.1) is 5.52 Å². The Kier molecular flexibility index (Phi) is 2.66. The lowest BCUT2D eigenvalue weighted by molar-refractivity contribution is 0.703. The van der Waals surface area contributed by atoms with Gasteiger partial charge in [-0.1, -0.05) is 30.1 Å². The molecular formula is C10H10Cl2N2. The van der Waals surface area contributed by atoms with Crippen molar-refractivity contribution in [1.29, 1.82) is 0 Å². The Hall–Kier alpha value is -0.730. The van der Waals surface area contributed by atoms with Gasteiger partial charge in [0.2, 0.25) is 0 Å². The van der Waals surface area contributed by atoms with Crippen molar-refractivity contribution in [2.24, 2.45) is 0 Å². The summed E-state index contributed by atoms with van der Waals surface area (Å²) in [6.07, 6.45) is 3.10. The fourth-order valence-electron chi connectivity index (χ4n) is 1.55. The van der Waals surface area contributed by atoms with Gasteiger partial charge in [0, 0.05) is 18.1 Å². The Balaban J connectivity index is 2.66. The molecule has 0 radical (unpaired) electrons. The lowest BCUT2D eigenvalue weighted by Crippen LogP contribution is -1.94. The van der Waals surface area contributed by atoms with Crippen molar-refractivity contribution in [3.05, 3.63) is 28.6 Å². The molecule has 0 aromatic carbocycles. The van der Waals surface area contributed by atoms with E-state index in [1.165, 1.54) is 0 Å². The standard InChI is InChI=1S/C10H10Cl2N2/c1-2-4-14-5-3-7-8(14)6-9(11)13-10(7)12/h3,5-6H,2,4H2,1H3. The van der Waals surface area contributed by atoms with E-state index in [4.69, 9.17) is 23.2 Å². The molecule has 2 heterocycles. The second kappa shape index (κ2) is 3.79. The van der Waals surface area contributed by atoms with Gasteiger partial charge in [0.1, 0.15) is 10.3 Å². The lowest BCUT2D eigenvalue weighted by Gasteiger charge is -2.03. The van der Waals surface area contributed by atoms with Gasteiger partial charge in [-0.25, -0.2) is 4.98 Å². The van der Waals surface area contributed by atoms with Gasteiger partial charge in [0.15, 0.2) is 0 Å². The van der Waals surface area contributed by atoms with Crippen LogP contribution >= 0.6 is 23.2 Å². The number of hydrogen-bond acceptors (Lipinski definition) is 1. The molecular weight excluding hydrogens is 219 g/mol. The summed E-state index contributed by atoms with van der Waals surface area (Å²) in [6.45, 7) is 3.11. The van der Waals surface area contributed by atoms with Crippen LogP contribution < -0.4 is 0 Å². The number of pyridine rings is 1. The van der Waals surface area contributed by atoms with E-state index < -0.39 is 0 Å². The van der Waals surface area contributed by atoms with Crippen LogP contribution in [-0.2, 0) is 6.54 Å². The van der Waals surface area contributed by atoms with Crippen LogP contribution in [0.2, 0.25) is 10.3 Å². The highest BCUT2D eigenvalue weighted by Gasteiger charge is 2.06. The van der Waals surface area contributed by atoms with Crippen LogP contribution in [0.4, 0.5) is 0 Å². The Morgan fingerprint density at radius 2 is 2.21 bits per heavy atom. The van der Waals surface area contributed by atoms with E-state index in [0.717, 1.165) is 23.9 Å². The third-order valence-electron chi connectivity index (χ3n) is 2.15. The van der Waals surface area contributed by atoms with Gasteiger partial charge in [0.25, 0.3) is 0 Å². The number of aryl methyl sites for hydroxylation is 1. The summed E-state index contributed by atoms with van der Waals surface area (Å²) in [5.74, 6) is 0. The van der Waals surface area contributed by atoms with Crippen molar-refractivity contribution < 1.29 is 0 Å². The highest BCUT2D eigenvalue weighted by atomic mass is 35.5. The van der Waals surface area contributed by atoms with Gasteiger partial charge in [-0.15, -0.1) is 0 Å². The molecule has 2 nitrogen and oxygen atoms in total. The SMILES string of the molecule is CCCn1ccc2c(Cl)nc(Cl)cc21. The quantitative estimate of drug-likeness (QED) is 0.717. The molecule has 0 saturated carbocycles. The van der Waals surface area contributed by atoms with Crippen LogP contribution in [0.5, 0.6) is 0 Å². The third kappa shape index (κ3) is 1.60. The number of halogens is 2. The maximum Gasteiger partial charge on any atom is 0.140 e. The molecule has 0 aliphatic rings. The molecule has 0 bridgehead atoms. The predicted molar refractivity (Wildman–Crippen MR) is 60.0 cm³/mol. The Morgan fingerprint density at radius 3 is 2.93 bits per heavy atom. The number of fused-ring (bicyclic) bond motifs is 1. The van der Waals surface area contributed by atoms with E-state index >= 15 is 0 Å². The summed E-state index contributed by atoms with van der Waals surface area (Å²) < 4.78 is 2.13. The highest BCUT2D eigenvalue weighted by Crippen LogP contribution is 2.25. The van der Waals surface area contributed by atoms with Crippen LogP contribution in [0, 0.1) is 0 Å². The molecule has 74 valence electrons. The van der Waals surface area contributed by atoms with Crippen LogP contribution in [0.15, 0.2) is 18.3 Å². The van der Waals surface area contributed by atoms with Gasteiger partial charge in [-0.05, 0) is 18.6 Å².